The van der Waals surface area contributed by atoms with Crippen LogP contribution in [-0.4, -0.2) is 46.1 Å². The van der Waals surface area contributed by atoms with Gasteiger partial charge in [-0.05, 0) is 45.0 Å². The maximum Gasteiger partial charge on any atom is 0.317 e. The minimum atomic E-state index is -0.673. The van der Waals surface area contributed by atoms with Crippen LogP contribution in [0.3, 0.4) is 0 Å². The SMILES string of the molecule is CN(CCCNC(=O)Cn1c(=O)c(=O)n(C)c2ccccc21)C1CCCCC1. The number of hydrogen-bond donors (Lipinski definition) is 1. The van der Waals surface area contributed by atoms with E-state index in [1.165, 1.54) is 41.2 Å². The van der Waals surface area contributed by atoms with Gasteiger partial charge in [-0.25, -0.2) is 0 Å². The van der Waals surface area contributed by atoms with Gasteiger partial charge in [-0.3, -0.25) is 19.0 Å². The molecule has 1 N–H and O–H groups in total. The van der Waals surface area contributed by atoms with Gasteiger partial charge in [0.1, 0.15) is 6.54 Å². The van der Waals surface area contributed by atoms with Crippen LogP contribution in [-0.2, 0) is 18.4 Å². The van der Waals surface area contributed by atoms with E-state index in [0.717, 1.165) is 13.0 Å². The highest BCUT2D eigenvalue weighted by atomic mass is 16.2. The summed E-state index contributed by atoms with van der Waals surface area (Å²) >= 11 is 0. The van der Waals surface area contributed by atoms with E-state index in [1.807, 2.05) is 0 Å². The molecule has 7 nitrogen and oxygen atoms in total. The number of nitrogens with one attached hydrogen (secondary N) is 1. The molecule has 0 radical (unpaired) electrons. The summed E-state index contributed by atoms with van der Waals surface area (Å²) in [6.07, 6.45) is 7.36. The zero-order valence-corrected chi connectivity index (χ0v) is 16.8. The number of rotatable bonds is 7. The third-order valence-electron chi connectivity index (χ3n) is 5.78. The van der Waals surface area contributed by atoms with Crippen molar-refractivity contribution in [2.45, 2.75) is 51.1 Å². The van der Waals surface area contributed by atoms with E-state index in [1.54, 1.807) is 31.3 Å². The average molecular weight is 386 g/mol. The molecule has 1 aliphatic carbocycles. The summed E-state index contributed by atoms with van der Waals surface area (Å²) in [7, 11) is 3.72. The summed E-state index contributed by atoms with van der Waals surface area (Å²) in [5.74, 6) is -0.249. The van der Waals surface area contributed by atoms with Gasteiger partial charge in [-0.2, -0.15) is 0 Å². The largest absolute Gasteiger partial charge is 0.355 e. The molecule has 1 aromatic heterocycles. The van der Waals surface area contributed by atoms with Crippen LogP contribution < -0.4 is 16.4 Å². The molecule has 1 heterocycles. The number of carbonyl (C=O) groups excluding carboxylic acids is 1. The summed E-state index contributed by atoms with van der Waals surface area (Å²) in [6.45, 7) is 1.36. The summed E-state index contributed by atoms with van der Waals surface area (Å²) in [5, 5.41) is 2.88. The summed E-state index contributed by atoms with van der Waals surface area (Å²) < 4.78 is 2.59. The van der Waals surface area contributed by atoms with Crippen molar-refractivity contribution in [3.05, 3.63) is 45.0 Å². The predicted molar refractivity (Wildman–Crippen MR) is 111 cm³/mol. The molecule has 1 aliphatic rings. The monoisotopic (exact) mass is 386 g/mol. The second-order valence-corrected chi connectivity index (χ2v) is 7.72. The third kappa shape index (κ3) is 4.52. The van der Waals surface area contributed by atoms with E-state index in [9.17, 15) is 14.4 Å². The van der Waals surface area contributed by atoms with Gasteiger partial charge in [0.25, 0.3) is 0 Å². The van der Waals surface area contributed by atoms with Crippen LogP contribution in [0, 0.1) is 0 Å². The van der Waals surface area contributed by atoms with Crippen molar-refractivity contribution in [1.29, 1.82) is 0 Å². The van der Waals surface area contributed by atoms with Crippen LogP contribution in [0.4, 0.5) is 0 Å². The van der Waals surface area contributed by atoms with Crippen LogP contribution in [0.5, 0.6) is 0 Å². The first-order valence-electron chi connectivity index (χ1n) is 10.1. The fourth-order valence-electron chi connectivity index (χ4n) is 4.07. The minimum absolute atomic E-state index is 0.145. The number of aromatic nitrogens is 2. The molecule has 152 valence electrons. The van der Waals surface area contributed by atoms with Crippen LogP contribution in [0.15, 0.2) is 33.9 Å². The van der Waals surface area contributed by atoms with Gasteiger partial charge in [0, 0.05) is 19.6 Å². The molecule has 1 fully saturated rings. The lowest BCUT2D eigenvalue weighted by Gasteiger charge is -2.31. The topological polar surface area (TPSA) is 76.3 Å². The molecule has 0 saturated heterocycles. The lowest BCUT2D eigenvalue weighted by Crippen LogP contribution is -2.43. The van der Waals surface area contributed by atoms with Crippen LogP contribution >= 0.6 is 0 Å². The van der Waals surface area contributed by atoms with Crippen molar-refractivity contribution in [3.8, 4) is 0 Å². The molecule has 0 unspecified atom stereocenters. The summed E-state index contributed by atoms with van der Waals surface area (Å²) in [4.78, 5) is 39.3. The van der Waals surface area contributed by atoms with E-state index in [2.05, 4.69) is 17.3 Å². The molecule has 0 bridgehead atoms. The Morgan fingerprint density at radius 2 is 1.79 bits per heavy atom. The number of carbonyl (C=O) groups is 1. The summed E-state index contributed by atoms with van der Waals surface area (Å²) in [5.41, 5.74) is -0.0789. The molecule has 0 aliphatic heterocycles. The van der Waals surface area contributed by atoms with Gasteiger partial charge in [0.05, 0.1) is 11.0 Å². The zero-order chi connectivity index (χ0) is 20.1. The van der Waals surface area contributed by atoms with Crippen molar-refractivity contribution < 1.29 is 4.79 Å². The van der Waals surface area contributed by atoms with Crippen LogP contribution in [0.2, 0.25) is 0 Å². The van der Waals surface area contributed by atoms with Crippen LogP contribution in [0.1, 0.15) is 38.5 Å². The molecule has 1 aromatic carbocycles. The fraction of sp³-hybridized carbons (Fsp3) is 0.571. The maximum absolute atomic E-state index is 12.4. The van der Waals surface area contributed by atoms with Crippen LogP contribution in [0.25, 0.3) is 11.0 Å². The molecule has 0 spiro atoms. The molecule has 1 amide bonds. The van der Waals surface area contributed by atoms with Gasteiger partial charge >= 0.3 is 11.1 Å². The number of hydrogen-bond acceptors (Lipinski definition) is 4. The Morgan fingerprint density at radius 1 is 1.11 bits per heavy atom. The maximum atomic E-state index is 12.4. The Balaban J connectivity index is 1.57. The number of fused-ring (bicyclic) bond motifs is 1. The minimum Gasteiger partial charge on any atom is -0.355 e. The van der Waals surface area contributed by atoms with Gasteiger partial charge < -0.3 is 14.8 Å². The highest BCUT2D eigenvalue weighted by Crippen LogP contribution is 2.21. The molecule has 28 heavy (non-hydrogen) atoms. The van der Waals surface area contributed by atoms with Gasteiger partial charge in [-0.15, -0.1) is 0 Å². The predicted octanol–water partition coefficient (Wildman–Crippen LogP) is 1.47. The molecule has 3 rings (SSSR count). The Labute approximate surface area is 165 Å². The Morgan fingerprint density at radius 3 is 2.50 bits per heavy atom. The first kappa shape index (κ1) is 20.3. The second-order valence-electron chi connectivity index (χ2n) is 7.72. The van der Waals surface area contributed by atoms with E-state index in [-0.39, 0.29) is 12.5 Å². The van der Waals surface area contributed by atoms with Crippen molar-refractivity contribution in [2.24, 2.45) is 7.05 Å². The average Bonchev–Trinajstić information content (AvgIpc) is 2.73. The number of nitrogens with zero attached hydrogens (tertiary/aromatic N) is 3. The number of amides is 1. The first-order valence-corrected chi connectivity index (χ1v) is 10.1. The van der Waals surface area contributed by atoms with Crippen molar-refractivity contribution >= 4 is 16.9 Å². The molecule has 2 aromatic rings. The Hall–Kier alpha value is -2.41. The lowest BCUT2D eigenvalue weighted by molar-refractivity contribution is -0.121. The van der Waals surface area contributed by atoms with Crippen molar-refractivity contribution in [2.75, 3.05) is 20.1 Å². The number of benzene rings is 1. The molecular formula is C21H30N4O3. The fourth-order valence-corrected chi connectivity index (χ4v) is 4.07. The van der Waals surface area contributed by atoms with Gasteiger partial charge in [-0.1, -0.05) is 31.4 Å². The summed E-state index contributed by atoms with van der Waals surface area (Å²) in [6, 6.07) is 7.78. The zero-order valence-electron chi connectivity index (χ0n) is 16.8. The standard InChI is InChI=1S/C21H30N4O3/c1-23(16-9-4-3-5-10-16)14-8-13-22-19(26)15-25-18-12-7-6-11-17(18)24(2)20(27)21(25)28/h6-7,11-12,16H,3-5,8-10,13-15H2,1-2H3,(H,22,26). The molecule has 1 saturated carbocycles. The van der Waals surface area contributed by atoms with E-state index >= 15 is 0 Å². The molecule has 7 heteroatoms. The molecule has 0 atom stereocenters. The Bertz CT molecular complexity index is 941. The smallest absolute Gasteiger partial charge is 0.317 e. The molecular weight excluding hydrogens is 356 g/mol. The quantitative estimate of drug-likeness (QED) is 0.578. The van der Waals surface area contributed by atoms with Crippen molar-refractivity contribution in [1.82, 2.24) is 19.4 Å². The highest BCUT2D eigenvalue weighted by molar-refractivity contribution is 5.80. The normalized spacial score (nSPS) is 15.2. The van der Waals surface area contributed by atoms with Gasteiger partial charge in [0.15, 0.2) is 0 Å². The third-order valence-corrected chi connectivity index (χ3v) is 5.78. The number of aryl methyl sites for hydroxylation is 1. The first-order chi connectivity index (χ1) is 13.5. The van der Waals surface area contributed by atoms with Gasteiger partial charge in [0.2, 0.25) is 5.91 Å². The van der Waals surface area contributed by atoms with Crippen molar-refractivity contribution in [3.63, 3.8) is 0 Å². The second kappa shape index (κ2) is 9.19. The Kier molecular flexibility index (Phi) is 6.67. The number of para-hydroxylation sites is 2. The van der Waals surface area contributed by atoms with E-state index in [4.69, 9.17) is 0 Å². The lowest BCUT2D eigenvalue weighted by atomic mass is 9.94. The van der Waals surface area contributed by atoms with E-state index < -0.39 is 11.1 Å². The highest BCUT2D eigenvalue weighted by Gasteiger charge is 2.17. The van der Waals surface area contributed by atoms with E-state index in [0.29, 0.717) is 23.6 Å².